The fourth-order valence-corrected chi connectivity index (χ4v) is 1.72. The average molecular weight is 202 g/mol. The molecule has 1 aliphatic heterocycles. The molecule has 1 aromatic rings. The molecule has 0 aliphatic carbocycles. The van der Waals surface area contributed by atoms with E-state index < -0.39 is 0 Å². The van der Waals surface area contributed by atoms with E-state index in [4.69, 9.17) is 0 Å². The Morgan fingerprint density at radius 3 is 2.67 bits per heavy atom. The van der Waals surface area contributed by atoms with E-state index >= 15 is 0 Å². The topological polar surface area (TPSA) is 41.1 Å². The Bertz CT molecular complexity index is 384. The van der Waals surface area contributed by atoms with Gasteiger partial charge < -0.3 is 5.43 Å². The van der Waals surface area contributed by atoms with Gasteiger partial charge in [0.05, 0.1) is 5.92 Å². The Kier molecular flexibility index (Phi) is 2.72. The molecule has 0 saturated heterocycles. The summed E-state index contributed by atoms with van der Waals surface area (Å²) in [5.74, 6) is -0.00694. The average Bonchev–Trinajstić information content (AvgIpc) is 2.25. The van der Waals surface area contributed by atoms with Crippen LogP contribution in [0.4, 0.5) is 0 Å². The predicted octanol–water partition coefficient (Wildman–Crippen LogP) is 1.38. The van der Waals surface area contributed by atoms with Crippen molar-refractivity contribution in [1.82, 2.24) is 10.9 Å². The zero-order valence-electron chi connectivity index (χ0n) is 8.66. The minimum Gasteiger partial charge on any atom is -0.306 e. The Hall–Kier alpha value is -1.77. The summed E-state index contributed by atoms with van der Waals surface area (Å²) in [6, 6.07) is 10.1. The Morgan fingerprint density at radius 1 is 1.27 bits per heavy atom. The number of rotatable bonds is 2. The molecule has 0 aromatic heterocycles. The first-order valence-corrected chi connectivity index (χ1v) is 5.03. The van der Waals surface area contributed by atoms with E-state index in [0.717, 1.165) is 12.0 Å². The number of hydrazine groups is 1. The lowest BCUT2D eigenvalue weighted by atomic mass is 9.92. The normalized spacial score (nSPS) is 20.2. The highest BCUT2D eigenvalue weighted by molar-refractivity contribution is 5.82. The molecule has 3 heteroatoms. The summed E-state index contributed by atoms with van der Waals surface area (Å²) < 4.78 is 0. The van der Waals surface area contributed by atoms with Gasteiger partial charge in [0.15, 0.2) is 0 Å². The molecule has 1 atom stereocenters. The zero-order valence-corrected chi connectivity index (χ0v) is 8.66. The van der Waals surface area contributed by atoms with Gasteiger partial charge in [0.2, 0.25) is 5.91 Å². The van der Waals surface area contributed by atoms with Crippen LogP contribution in [0.2, 0.25) is 0 Å². The first-order valence-electron chi connectivity index (χ1n) is 5.03. The molecule has 1 aromatic carbocycles. The smallest absolute Gasteiger partial charge is 0.245 e. The van der Waals surface area contributed by atoms with Crippen molar-refractivity contribution in [2.45, 2.75) is 13.3 Å². The summed E-state index contributed by atoms with van der Waals surface area (Å²) >= 11 is 0. The van der Waals surface area contributed by atoms with Gasteiger partial charge in [0.1, 0.15) is 0 Å². The fraction of sp³-hybridized carbons (Fsp3) is 0.250. The van der Waals surface area contributed by atoms with Crippen molar-refractivity contribution in [3.8, 4) is 0 Å². The van der Waals surface area contributed by atoms with Crippen LogP contribution >= 0.6 is 0 Å². The molecule has 2 N–H and O–H groups in total. The Morgan fingerprint density at radius 2 is 2.00 bits per heavy atom. The molecule has 1 heterocycles. The molecule has 1 aliphatic rings. The third kappa shape index (κ3) is 2.18. The van der Waals surface area contributed by atoms with Crippen molar-refractivity contribution >= 4 is 5.91 Å². The molecule has 0 unspecified atom stereocenters. The van der Waals surface area contributed by atoms with Crippen LogP contribution in [0.3, 0.4) is 0 Å². The number of hydrogen-bond acceptors (Lipinski definition) is 2. The van der Waals surface area contributed by atoms with Crippen LogP contribution in [0.5, 0.6) is 0 Å². The number of hydrogen-bond donors (Lipinski definition) is 2. The predicted molar refractivity (Wildman–Crippen MR) is 58.7 cm³/mol. The lowest BCUT2D eigenvalue weighted by Crippen LogP contribution is -2.43. The maximum atomic E-state index is 11.6. The number of amides is 1. The summed E-state index contributed by atoms with van der Waals surface area (Å²) in [4.78, 5) is 11.6. The second-order valence-corrected chi connectivity index (χ2v) is 3.76. The van der Waals surface area contributed by atoms with Gasteiger partial charge in [-0.1, -0.05) is 30.3 Å². The van der Waals surface area contributed by atoms with E-state index in [0.29, 0.717) is 0 Å². The lowest BCUT2D eigenvalue weighted by molar-refractivity contribution is -0.125. The second-order valence-electron chi connectivity index (χ2n) is 3.76. The summed E-state index contributed by atoms with van der Waals surface area (Å²) in [6.45, 7) is 1.97. The molecule has 0 bridgehead atoms. The van der Waals surface area contributed by atoms with Crippen LogP contribution in [0.1, 0.15) is 12.5 Å². The first kappa shape index (κ1) is 9.77. The SMILES string of the molecule is CC1=CNNC(=O)[C@H]1Cc1ccccc1. The molecule has 0 fully saturated rings. The van der Waals surface area contributed by atoms with Gasteiger partial charge in [-0.25, -0.2) is 0 Å². The first-order chi connectivity index (χ1) is 7.27. The summed E-state index contributed by atoms with van der Waals surface area (Å²) in [7, 11) is 0. The van der Waals surface area contributed by atoms with Crippen LogP contribution in [0.15, 0.2) is 42.1 Å². The summed E-state index contributed by atoms with van der Waals surface area (Å²) in [5, 5.41) is 0. The summed E-state index contributed by atoms with van der Waals surface area (Å²) in [6.07, 6.45) is 2.60. The number of carbonyl (C=O) groups excluding carboxylic acids is 1. The monoisotopic (exact) mass is 202 g/mol. The largest absolute Gasteiger partial charge is 0.306 e. The van der Waals surface area contributed by atoms with E-state index in [-0.39, 0.29) is 11.8 Å². The third-order valence-electron chi connectivity index (χ3n) is 2.64. The number of carbonyl (C=O) groups is 1. The van der Waals surface area contributed by atoms with Crippen molar-refractivity contribution in [2.75, 3.05) is 0 Å². The number of benzene rings is 1. The van der Waals surface area contributed by atoms with Gasteiger partial charge >= 0.3 is 0 Å². The van der Waals surface area contributed by atoms with E-state index in [2.05, 4.69) is 10.9 Å². The highest BCUT2D eigenvalue weighted by atomic mass is 16.2. The Balaban J connectivity index is 2.14. The van der Waals surface area contributed by atoms with Gasteiger partial charge in [-0.15, -0.1) is 0 Å². The molecule has 3 nitrogen and oxygen atoms in total. The molecule has 2 rings (SSSR count). The molecular weight excluding hydrogens is 188 g/mol. The van der Waals surface area contributed by atoms with Crippen molar-refractivity contribution in [3.05, 3.63) is 47.7 Å². The molecule has 1 amide bonds. The third-order valence-corrected chi connectivity index (χ3v) is 2.64. The lowest BCUT2D eigenvalue weighted by Gasteiger charge is -2.22. The molecule has 0 spiro atoms. The highest BCUT2D eigenvalue weighted by Gasteiger charge is 2.23. The fourth-order valence-electron chi connectivity index (χ4n) is 1.72. The van der Waals surface area contributed by atoms with E-state index in [1.165, 1.54) is 5.56 Å². The Labute approximate surface area is 89.2 Å². The van der Waals surface area contributed by atoms with Gasteiger partial charge in [-0.2, -0.15) is 0 Å². The molecule has 15 heavy (non-hydrogen) atoms. The molecule has 0 saturated carbocycles. The van der Waals surface area contributed by atoms with Crippen LogP contribution in [-0.4, -0.2) is 5.91 Å². The van der Waals surface area contributed by atoms with Crippen molar-refractivity contribution in [3.63, 3.8) is 0 Å². The molecule has 0 radical (unpaired) electrons. The van der Waals surface area contributed by atoms with Crippen molar-refractivity contribution in [2.24, 2.45) is 5.92 Å². The minimum absolute atomic E-state index is 0.0406. The highest BCUT2D eigenvalue weighted by Crippen LogP contribution is 2.18. The van der Waals surface area contributed by atoms with Crippen LogP contribution in [0.25, 0.3) is 0 Å². The van der Waals surface area contributed by atoms with E-state index in [1.54, 1.807) is 0 Å². The van der Waals surface area contributed by atoms with E-state index in [1.807, 2.05) is 43.5 Å². The number of nitrogens with one attached hydrogen (secondary N) is 2. The van der Waals surface area contributed by atoms with Crippen LogP contribution in [0, 0.1) is 5.92 Å². The standard InChI is InChI=1S/C12H14N2O/c1-9-8-13-14-12(15)11(9)7-10-5-3-2-4-6-10/h2-6,8,11,13H,7H2,1H3,(H,14,15)/t11-/m0/s1. The zero-order chi connectivity index (χ0) is 10.7. The van der Waals surface area contributed by atoms with Gasteiger partial charge in [0.25, 0.3) is 0 Å². The van der Waals surface area contributed by atoms with Crippen LogP contribution in [-0.2, 0) is 11.2 Å². The minimum atomic E-state index is -0.0475. The second kappa shape index (κ2) is 4.17. The van der Waals surface area contributed by atoms with Gasteiger partial charge in [-0.05, 0) is 24.5 Å². The van der Waals surface area contributed by atoms with Gasteiger partial charge in [-0.3, -0.25) is 10.2 Å². The molecular formula is C12H14N2O. The maximum absolute atomic E-state index is 11.6. The van der Waals surface area contributed by atoms with Crippen molar-refractivity contribution in [1.29, 1.82) is 0 Å². The van der Waals surface area contributed by atoms with Crippen LogP contribution < -0.4 is 10.9 Å². The quantitative estimate of drug-likeness (QED) is 0.760. The maximum Gasteiger partial charge on any atom is 0.245 e. The van der Waals surface area contributed by atoms with Gasteiger partial charge in [0, 0.05) is 6.20 Å². The van der Waals surface area contributed by atoms with E-state index in [9.17, 15) is 4.79 Å². The molecule has 78 valence electrons. The van der Waals surface area contributed by atoms with Crippen molar-refractivity contribution < 1.29 is 4.79 Å². The summed E-state index contributed by atoms with van der Waals surface area (Å²) in [5.41, 5.74) is 7.62.